The molecule has 2 aromatic rings. The molecule has 198 valence electrons. The van der Waals surface area contributed by atoms with Crippen molar-refractivity contribution in [1.29, 1.82) is 0 Å². The van der Waals surface area contributed by atoms with E-state index in [1.807, 2.05) is 13.0 Å². The number of fused-ring (bicyclic) bond motifs is 2. The van der Waals surface area contributed by atoms with Gasteiger partial charge in [-0.05, 0) is 56.9 Å². The first-order valence-corrected chi connectivity index (χ1v) is 12.8. The average Bonchev–Trinajstić information content (AvgIpc) is 2.90. The van der Waals surface area contributed by atoms with Crippen LogP contribution in [0.5, 0.6) is 5.75 Å². The lowest BCUT2D eigenvalue weighted by Crippen LogP contribution is -2.38. The normalized spacial score (nSPS) is 16.7. The minimum Gasteiger partial charge on any atom is -0.487 e. The smallest absolute Gasteiger partial charge is 0.253 e. The Balaban J connectivity index is 1.32. The maximum Gasteiger partial charge on any atom is 0.253 e. The summed E-state index contributed by atoms with van der Waals surface area (Å²) < 4.78 is 5.90. The van der Waals surface area contributed by atoms with Crippen molar-refractivity contribution < 1.29 is 14.3 Å². The Labute approximate surface area is 218 Å². The van der Waals surface area contributed by atoms with Gasteiger partial charge in [0.15, 0.2) is 0 Å². The second kappa shape index (κ2) is 11.9. The average molecular weight is 508 g/mol. The molecular formula is C27H37N7O3. The number of nitrogens with zero attached hydrogens (tertiary/aromatic N) is 2. The van der Waals surface area contributed by atoms with Crippen molar-refractivity contribution in [3.8, 4) is 5.75 Å². The first-order chi connectivity index (χ1) is 17.9. The van der Waals surface area contributed by atoms with Crippen LogP contribution >= 0.6 is 0 Å². The van der Waals surface area contributed by atoms with Crippen molar-refractivity contribution >= 4 is 28.9 Å². The number of anilines is 3. The molecule has 0 saturated carbocycles. The highest BCUT2D eigenvalue weighted by Gasteiger charge is 2.25. The summed E-state index contributed by atoms with van der Waals surface area (Å²) in [4.78, 5) is 27.2. The van der Waals surface area contributed by atoms with Crippen LogP contribution in [0.2, 0.25) is 0 Å². The summed E-state index contributed by atoms with van der Waals surface area (Å²) >= 11 is 0. The van der Waals surface area contributed by atoms with E-state index in [2.05, 4.69) is 33.0 Å². The Morgan fingerprint density at radius 2 is 2.16 bits per heavy atom. The van der Waals surface area contributed by atoms with E-state index in [4.69, 9.17) is 16.3 Å². The number of para-hydroxylation sites is 1. The van der Waals surface area contributed by atoms with Gasteiger partial charge < -0.3 is 36.3 Å². The number of hydrogen-bond donors (Lipinski definition) is 5. The van der Waals surface area contributed by atoms with E-state index in [0.29, 0.717) is 35.7 Å². The molecule has 0 fully saturated rings. The van der Waals surface area contributed by atoms with Gasteiger partial charge in [-0.3, -0.25) is 9.59 Å². The number of benzene rings is 2. The Bertz CT molecular complexity index is 1170. The number of hydrogen-bond acceptors (Lipinski definition) is 8. The lowest BCUT2D eigenvalue weighted by molar-refractivity contribution is -0.116. The molecule has 1 unspecified atom stereocenters. The highest BCUT2D eigenvalue weighted by Crippen LogP contribution is 2.32. The summed E-state index contributed by atoms with van der Waals surface area (Å²) in [7, 11) is 0. The van der Waals surface area contributed by atoms with Crippen molar-refractivity contribution in [1.82, 2.24) is 10.3 Å². The first-order valence-electron chi connectivity index (χ1n) is 12.8. The van der Waals surface area contributed by atoms with Crippen molar-refractivity contribution in [3.05, 3.63) is 59.4 Å². The molecule has 0 radical (unpaired) electrons. The minimum absolute atomic E-state index is 0.112. The largest absolute Gasteiger partial charge is 0.487 e. The molecule has 2 heterocycles. The quantitative estimate of drug-likeness (QED) is 0.188. The third kappa shape index (κ3) is 6.45. The number of nitrogens with two attached hydrogens (primary N) is 2. The monoisotopic (exact) mass is 507 g/mol. The SMILES string of the molecule is CCN(N)/C=C(\N)COc1ccc2c(c1)N(CCCNC(=O)c1cccc3c1NC(C)C(=O)N3)CCC2. The van der Waals surface area contributed by atoms with Crippen LogP contribution in [0.1, 0.15) is 42.6 Å². The van der Waals surface area contributed by atoms with Gasteiger partial charge in [0.1, 0.15) is 18.4 Å². The zero-order valence-corrected chi connectivity index (χ0v) is 21.5. The van der Waals surface area contributed by atoms with Crippen molar-refractivity contribution in [2.75, 3.05) is 48.3 Å². The third-order valence-electron chi connectivity index (χ3n) is 6.59. The molecule has 2 aromatic carbocycles. The van der Waals surface area contributed by atoms with Crippen LogP contribution in [0.25, 0.3) is 0 Å². The predicted octanol–water partition coefficient (Wildman–Crippen LogP) is 2.39. The van der Waals surface area contributed by atoms with Crippen LogP contribution in [0.3, 0.4) is 0 Å². The van der Waals surface area contributed by atoms with Gasteiger partial charge in [-0.1, -0.05) is 12.1 Å². The van der Waals surface area contributed by atoms with Crippen LogP contribution in [-0.2, 0) is 11.2 Å². The zero-order valence-electron chi connectivity index (χ0n) is 21.5. The molecule has 1 atom stereocenters. The molecule has 2 amide bonds. The topological polar surface area (TPSA) is 138 Å². The van der Waals surface area contributed by atoms with Crippen LogP contribution in [0.4, 0.5) is 17.1 Å². The molecule has 2 aliphatic rings. The fraction of sp³-hybridized carbons (Fsp3) is 0.407. The summed E-state index contributed by atoms with van der Waals surface area (Å²) in [5.41, 5.74) is 10.8. The van der Waals surface area contributed by atoms with Gasteiger partial charge in [0.05, 0.1) is 22.6 Å². The fourth-order valence-corrected chi connectivity index (χ4v) is 4.55. The number of nitrogens with one attached hydrogen (secondary N) is 3. The fourth-order valence-electron chi connectivity index (χ4n) is 4.55. The number of carbonyl (C=O) groups excluding carboxylic acids is 2. The summed E-state index contributed by atoms with van der Waals surface area (Å²) in [5, 5.41) is 10.5. The standard InChI is InChI=1S/C27H37N7O3/c1-3-34(29)16-20(28)17-37-21-11-10-19-7-5-13-33(24(19)15-21)14-6-12-30-27(36)22-8-4-9-23-25(22)31-18(2)26(35)32-23/h4,8-11,15-16,18,31H,3,5-7,12-14,17,28-29H2,1-2H3,(H,30,36)(H,32,35)/b20-16-. The number of rotatable bonds is 10. The van der Waals surface area contributed by atoms with E-state index in [9.17, 15) is 9.59 Å². The highest BCUT2D eigenvalue weighted by molar-refractivity contribution is 6.09. The molecule has 7 N–H and O–H groups in total. The molecule has 37 heavy (non-hydrogen) atoms. The second-order valence-electron chi connectivity index (χ2n) is 9.40. The summed E-state index contributed by atoms with van der Waals surface area (Å²) in [6.07, 6.45) is 4.59. The number of aryl methyl sites for hydroxylation is 1. The van der Waals surface area contributed by atoms with Gasteiger partial charge in [0.2, 0.25) is 5.91 Å². The van der Waals surface area contributed by atoms with Gasteiger partial charge in [-0.2, -0.15) is 0 Å². The molecule has 0 aromatic heterocycles. The minimum atomic E-state index is -0.395. The lowest BCUT2D eigenvalue weighted by atomic mass is 10.0. The van der Waals surface area contributed by atoms with Crippen LogP contribution < -0.4 is 37.2 Å². The van der Waals surface area contributed by atoms with Crippen molar-refractivity contribution in [3.63, 3.8) is 0 Å². The van der Waals surface area contributed by atoms with Crippen LogP contribution in [0, 0.1) is 0 Å². The van der Waals surface area contributed by atoms with Gasteiger partial charge in [-0.25, -0.2) is 5.84 Å². The van der Waals surface area contributed by atoms with E-state index in [1.54, 1.807) is 31.3 Å². The summed E-state index contributed by atoms with van der Waals surface area (Å²) in [6.45, 7) is 6.96. The van der Waals surface area contributed by atoms with E-state index in [0.717, 1.165) is 43.8 Å². The van der Waals surface area contributed by atoms with Crippen molar-refractivity contribution in [2.24, 2.45) is 11.6 Å². The van der Waals surface area contributed by atoms with E-state index >= 15 is 0 Å². The third-order valence-corrected chi connectivity index (χ3v) is 6.59. The zero-order chi connectivity index (χ0) is 26.4. The molecular weight excluding hydrogens is 470 g/mol. The maximum atomic E-state index is 12.9. The Hall–Kier alpha value is -3.92. The van der Waals surface area contributed by atoms with Crippen LogP contribution in [-0.4, -0.2) is 55.7 Å². The lowest BCUT2D eigenvalue weighted by Gasteiger charge is -2.32. The molecule has 0 saturated heterocycles. The number of carbonyl (C=O) groups is 2. The predicted molar refractivity (Wildman–Crippen MR) is 146 cm³/mol. The van der Waals surface area contributed by atoms with E-state index in [-0.39, 0.29) is 18.4 Å². The Morgan fingerprint density at radius 1 is 1.32 bits per heavy atom. The molecule has 0 aliphatic carbocycles. The first kappa shape index (κ1) is 26.2. The summed E-state index contributed by atoms with van der Waals surface area (Å²) in [5.74, 6) is 6.26. The second-order valence-corrected chi connectivity index (χ2v) is 9.40. The molecule has 0 bridgehead atoms. The maximum absolute atomic E-state index is 12.9. The van der Waals surface area contributed by atoms with Gasteiger partial charge in [0, 0.05) is 44.1 Å². The summed E-state index contributed by atoms with van der Waals surface area (Å²) in [6, 6.07) is 11.1. The van der Waals surface area contributed by atoms with Gasteiger partial charge >= 0.3 is 0 Å². The molecule has 0 spiro atoms. The highest BCUT2D eigenvalue weighted by atomic mass is 16.5. The number of hydrazine groups is 1. The van der Waals surface area contributed by atoms with Gasteiger partial charge in [0.25, 0.3) is 5.91 Å². The van der Waals surface area contributed by atoms with Crippen LogP contribution in [0.15, 0.2) is 48.3 Å². The van der Waals surface area contributed by atoms with E-state index in [1.165, 1.54) is 10.6 Å². The van der Waals surface area contributed by atoms with Gasteiger partial charge in [-0.15, -0.1) is 0 Å². The number of ether oxygens (including phenoxy) is 1. The Kier molecular flexibility index (Phi) is 8.39. The molecule has 4 rings (SSSR count). The van der Waals surface area contributed by atoms with Crippen molar-refractivity contribution in [2.45, 2.75) is 39.2 Å². The number of amides is 2. The molecule has 2 aliphatic heterocycles. The molecule has 10 heteroatoms. The molecule has 10 nitrogen and oxygen atoms in total. The Morgan fingerprint density at radius 3 is 2.97 bits per heavy atom. The van der Waals surface area contributed by atoms with E-state index < -0.39 is 6.04 Å².